The van der Waals surface area contributed by atoms with Gasteiger partial charge in [-0.2, -0.15) is 5.10 Å². The quantitative estimate of drug-likeness (QED) is 0.627. The maximum Gasteiger partial charge on any atom is 0.274 e. The van der Waals surface area contributed by atoms with Crippen LogP contribution >= 0.6 is 0 Å². The van der Waals surface area contributed by atoms with Gasteiger partial charge in [-0.05, 0) is 26.8 Å². The Labute approximate surface area is 173 Å². The van der Waals surface area contributed by atoms with E-state index in [-0.39, 0.29) is 17.2 Å². The topological polar surface area (TPSA) is 102 Å². The molecule has 1 fully saturated rings. The monoisotopic (exact) mass is 408 g/mol. The number of anilines is 1. The molecule has 1 aliphatic heterocycles. The Morgan fingerprint density at radius 3 is 2.33 bits per heavy atom. The van der Waals surface area contributed by atoms with Crippen molar-refractivity contribution >= 4 is 11.7 Å². The molecule has 3 aromatic rings. The van der Waals surface area contributed by atoms with Crippen molar-refractivity contribution in [3.63, 3.8) is 0 Å². The highest BCUT2D eigenvalue weighted by atomic mass is 16.2. The Bertz CT molecular complexity index is 1160. The Morgan fingerprint density at radius 1 is 1.00 bits per heavy atom. The predicted octanol–water partition coefficient (Wildman–Crippen LogP) is 0.644. The van der Waals surface area contributed by atoms with Crippen LogP contribution in [0.5, 0.6) is 0 Å². The molecule has 0 N–H and O–H groups in total. The molecule has 1 amide bonds. The van der Waals surface area contributed by atoms with Crippen molar-refractivity contribution in [3.8, 4) is 5.82 Å². The van der Waals surface area contributed by atoms with E-state index in [0.29, 0.717) is 32.0 Å². The van der Waals surface area contributed by atoms with Crippen molar-refractivity contribution in [2.24, 2.45) is 7.05 Å². The third kappa shape index (κ3) is 3.68. The van der Waals surface area contributed by atoms with Crippen LogP contribution in [0.1, 0.15) is 27.7 Å². The molecule has 10 heteroatoms. The van der Waals surface area contributed by atoms with Gasteiger partial charge in [0.05, 0.1) is 5.69 Å². The minimum absolute atomic E-state index is 0.172. The molecule has 0 spiro atoms. The number of hydrogen-bond acceptors (Lipinski definition) is 7. The molecule has 4 heterocycles. The molecule has 3 aromatic heterocycles. The fourth-order valence-corrected chi connectivity index (χ4v) is 3.47. The van der Waals surface area contributed by atoms with E-state index in [1.54, 1.807) is 11.2 Å². The largest absolute Gasteiger partial charge is 0.353 e. The van der Waals surface area contributed by atoms with Gasteiger partial charge >= 0.3 is 0 Å². The predicted molar refractivity (Wildman–Crippen MR) is 111 cm³/mol. The van der Waals surface area contributed by atoms with Gasteiger partial charge in [0.1, 0.15) is 29.5 Å². The lowest BCUT2D eigenvalue weighted by Crippen LogP contribution is -2.49. The first-order chi connectivity index (χ1) is 14.3. The number of carbonyl (C=O) groups is 1. The Morgan fingerprint density at radius 2 is 1.70 bits per heavy atom. The molecule has 10 nitrogen and oxygen atoms in total. The number of aryl methyl sites for hydroxylation is 3. The summed E-state index contributed by atoms with van der Waals surface area (Å²) in [4.78, 5) is 41.6. The van der Waals surface area contributed by atoms with E-state index >= 15 is 0 Å². The van der Waals surface area contributed by atoms with Gasteiger partial charge in [-0.15, -0.1) is 0 Å². The third-order valence-corrected chi connectivity index (χ3v) is 5.38. The average Bonchev–Trinajstić information content (AvgIpc) is 3.08. The van der Waals surface area contributed by atoms with E-state index < -0.39 is 0 Å². The zero-order chi connectivity index (χ0) is 21.4. The Kier molecular flexibility index (Phi) is 5.06. The highest BCUT2D eigenvalue weighted by molar-refractivity contribution is 5.92. The summed E-state index contributed by atoms with van der Waals surface area (Å²) in [6.07, 6.45) is 1.77. The third-order valence-electron chi connectivity index (χ3n) is 5.38. The minimum Gasteiger partial charge on any atom is -0.353 e. The summed E-state index contributed by atoms with van der Waals surface area (Å²) in [5.41, 5.74) is 2.04. The molecule has 156 valence electrons. The molecular weight excluding hydrogens is 384 g/mol. The molecule has 0 saturated carbocycles. The van der Waals surface area contributed by atoms with Crippen LogP contribution in [0.4, 0.5) is 5.82 Å². The summed E-state index contributed by atoms with van der Waals surface area (Å²) in [5.74, 6) is 2.12. The first kappa shape index (κ1) is 19.7. The van der Waals surface area contributed by atoms with Crippen LogP contribution in [0.25, 0.3) is 5.82 Å². The number of aromatic nitrogens is 6. The summed E-state index contributed by atoms with van der Waals surface area (Å²) in [5, 5.41) is 4.06. The van der Waals surface area contributed by atoms with E-state index in [9.17, 15) is 9.59 Å². The summed E-state index contributed by atoms with van der Waals surface area (Å²) < 4.78 is 3.13. The van der Waals surface area contributed by atoms with Gasteiger partial charge < -0.3 is 9.80 Å². The van der Waals surface area contributed by atoms with Gasteiger partial charge in [0.2, 0.25) is 0 Å². The van der Waals surface area contributed by atoms with Gasteiger partial charge in [-0.3, -0.25) is 14.2 Å². The molecule has 1 saturated heterocycles. The summed E-state index contributed by atoms with van der Waals surface area (Å²) >= 11 is 0. The van der Waals surface area contributed by atoms with Crippen LogP contribution in [0.15, 0.2) is 29.3 Å². The molecule has 0 bridgehead atoms. The maximum absolute atomic E-state index is 12.7. The highest BCUT2D eigenvalue weighted by Crippen LogP contribution is 2.20. The van der Waals surface area contributed by atoms with Crippen LogP contribution in [0, 0.1) is 20.8 Å². The van der Waals surface area contributed by atoms with Crippen molar-refractivity contribution in [2.45, 2.75) is 20.8 Å². The lowest BCUT2D eigenvalue weighted by molar-refractivity contribution is 0.0738. The Hall–Kier alpha value is -3.56. The van der Waals surface area contributed by atoms with Crippen molar-refractivity contribution < 1.29 is 4.79 Å². The summed E-state index contributed by atoms with van der Waals surface area (Å²) in [7, 11) is 1.54. The fourth-order valence-electron chi connectivity index (χ4n) is 3.47. The smallest absolute Gasteiger partial charge is 0.274 e. The van der Waals surface area contributed by atoms with Crippen LogP contribution in [-0.2, 0) is 7.05 Å². The van der Waals surface area contributed by atoms with Crippen LogP contribution < -0.4 is 10.5 Å². The number of imidazole rings is 1. The molecule has 0 aromatic carbocycles. The highest BCUT2D eigenvalue weighted by Gasteiger charge is 2.24. The average molecular weight is 408 g/mol. The van der Waals surface area contributed by atoms with Crippen LogP contribution in [0.2, 0.25) is 0 Å². The van der Waals surface area contributed by atoms with Crippen LogP contribution in [0.3, 0.4) is 0 Å². The molecule has 30 heavy (non-hydrogen) atoms. The second-order valence-electron chi connectivity index (χ2n) is 7.38. The molecule has 0 radical (unpaired) electrons. The molecular formula is C20H24N8O2. The number of hydrogen-bond donors (Lipinski definition) is 0. The first-order valence-electron chi connectivity index (χ1n) is 9.78. The van der Waals surface area contributed by atoms with Crippen molar-refractivity contribution in [1.29, 1.82) is 0 Å². The molecule has 1 aliphatic rings. The number of carbonyl (C=O) groups excluding carboxylic acids is 1. The number of piperazine rings is 1. The molecule has 0 unspecified atom stereocenters. The van der Waals surface area contributed by atoms with Crippen molar-refractivity contribution in [3.05, 3.63) is 57.8 Å². The van der Waals surface area contributed by atoms with Crippen LogP contribution in [-0.4, -0.2) is 66.3 Å². The van der Waals surface area contributed by atoms with Crippen molar-refractivity contribution in [2.75, 3.05) is 31.1 Å². The zero-order valence-corrected chi connectivity index (χ0v) is 17.5. The molecule has 0 atom stereocenters. The zero-order valence-electron chi connectivity index (χ0n) is 17.5. The van der Waals surface area contributed by atoms with E-state index in [1.165, 1.54) is 23.9 Å². The fraction of sp³-hybridized carbons (Fsp3) is 0.400. The number of nitrogens with zero attached hydrogens (tertiary/aromatic N) is 8. The SMILES string of the molecule is Cc1nc(N2CCN(C(=O)c3ccc(=O)n(C)n3)CC2)cc(-n2cnc(C)c2C)n1. The van der Waals surface area contributed by atoms with Crippen molar-refractivity contribution in [1.82, 2.24) is 34.2 Å². The van der Waals surface area contributed by atoms with E-state index in [0.717, 1.165) is 23.0 Å². The lowest BCUT2D eigenvalue weighted by atomic mass is 10.2. The van der Waals surface area contributed by atoms with Gasteiger partial charge in [0.25, 0.3) is 11.5 Å². The minimum atomic E-state index is -0.241. The number of amides is 1. The second-order valence-corrected chi connectivity index (χ2v) is 7.38. The summed E-state index contributed by atoms with van der Waals surface area (Å²) in [6, 6.07) is 4.79. The normalized spacial score (nSPS) is 14.3. The van der Waals surface area contributed by atoms with Gasteiger partial charge in [-0.25, -0.2) is 19.6 Å². The van der Waals surface area contributed by atoms with E-state index in [1.807, 2.05) is 31.4 Å². The molecule has 4 rings (SSSR count). The maximum atomic E-state index is 12.7. The second kappa shape index (κ2) is 7.69. The summed E-state index contributed by atoms with van der Waals surface area (Å²) in [6.45, 7) is 8.24. The lowest BCUT2D eigenvalue weighted by Gasteiger charge is -2.35. The van der Waals surface area contributed by atoms with Gasteiger partial charge in [0.15, 0.2) is 0 Å². The first-order valence-corrected chi connectivity index (χ1v) is 9.78. The Balaban J connectivity index is 1.50. The van der Waals surface area contributed by atoms with E-state index in [4.69, 9.17) is 0 Å². The standard InChI is InChI=1S/C20H24N8O2/c1-13-14(2)28(12-21-13)18-11-17(22-15(3)23-18)26-7-9-27(10-8-26)20(30)16-5-6-19(29)25(4)24-16/h5-6,11-12H,7-10H2,1-4H3. The van der Waals surface area contributed by atoms with Gasteiger partial charge in [0, 0.05) is 51.1 Å². The molecule has 0 aliphatic carbocycles. The van der Waals surface area contributed by atoms with Gasteiger partial charge in [-0.1, -0.05) is 0 Å². The number of rotatable bonds is 3. The van der Waals surface area contributed by atoms with E-state index in [2.05, 4.69) is 25.0 Å².